The van der Waals surface area contributed by atoms with Crippen LogP contribution in [-0.2, 0) is 4.79 Å². The fraction of sp³-hybridized carbons (Fsp3) is 0.500. The van der Waals surface area contributed by atoms with Gasteiger partial charge in [-0.25, -0.2) is 0 Å². The third-order valence-electron chi connectivity index (χ3n) is 3.84. The number of hydrogen-bond acceptors (Lipinski definition) is 3. The average Bonchev–Trinajstić information content (AvgIpc) is 3.12. The van der Waals surface area contributed by atoms with Crippen LogP contribution in [0.2, 0.25) is 0 Å². The van der Waals surface area contributed by atoms with Crippen LogP contribution in [0.3, 0.4) is 0 Å². The second kappa shape index (κ2) is 6.53. The summed E-state index contributed by atoms with van der Waals surface area (Å²) in [5.41, 5.74) is 1.34. The summed E-state index contributed by atoms with van der Waals surface area (Å²) in [5, 5.41) is 11.6. The summed E-state index contributed by atoms with van der Waals surface area (Å²) in [4.78, 5) is 14.1. The minimum absolute atomic E-state index is 0.0189. The Morgan fingerprint density at radius 1 is 1.45 bits per heavy atom. The monoisotopic (exact) mass is 271 g/mol. The molecule has 2 unspecified atom stereocenters. The van der Waals surface area contributed by atoms with Gasteiger partial charge < -0.3 is 10.2 Å². The van der Waals surface area contributed by atoms with Crippen LogP contribution in [0.1, 0.15) is 25.3 Å². The Hall–Kier alpha value is -1.86. The first-order valence-corrected chi connectivity index (χ1v) is 7.07. The maximum absolute atomic E-state index is 11.8. The molecular formula is C16H21N3O. The van der Waals surface area contributed by atoms with Crippen LogP contribution in [0, 0.1) is 23.2 Å². The molecule has 0 aromatic heterocycles. The van der Waals surface area contributed by atoms with Gasteiger partial charge in [0.2, 0.25) is 5.91 Å². The van der Waals surface area contributed by atoms with Gasteiger partial charge in [0.25, 0.3) is 0 Å². The van der Waals surface area contributed by atoms with Crippen molar-refractivity contribution in [3.63, 3.8) is 0 Å². The zero-order valence-electron chi connectivity index (χ0n) is 12.1. The molecule has 4 nitrogen and oxygen atoms in total. The van der Waals surface area contributed by atoms with Gasteiger partial charge in [0, 0.05) is 25.2 Å². The van der Waals surface area contributed by atoms with E-state index in [1.54, 1.807) is 24.3 Å². The number of rotatable bonds is 6. The van der Waals surface area contributed by atoms with E-state index >= 15 is 0 Å². The smallest absolute Gasteiger partial charge is 0.225 e. The van der Waals surface area contributed by atoms with Crippen molar-refractivity contribution in [1.82, 2.24) is 4.90 Å². The van der Waals surface area contributed by atoms with E-state index in [2.05, 4.69) is 30.3 Å². The first-order chi connectivity index (χ1) is 9.58. The zero-order chi connectivity index (χ0) is 14.5. The van der Waals surface area contributed by atoms with Crippen molar-refractivity contribution in [2.75, 3.05) is 25.5 Å². The lowest BCUT2D eigenvalue weighted by Crippen LogP contribution is -2.26. The van der Waals surface area contributed by atoms with E-state index in [-0.39, 0.29) is 5.91 Å². The van der Waals surface area contributed by atoms with Crippen molar-refractivity contribution in [1.29, 1.82) is 5.26 Å². The number of benzene rings is 1. The molecule has 0 radical (unpaired) electrons. The van der Waals surface area contributed by atoms with Crippen molar-refractivity contribution < 1.29 is 4.79 Å². The Bertz CT molecular complexity index is 503. The fourth-order valence-corrected chi connectivity index (χ4v) is 2.29. The standard InChI is InChI=1S/C16H21N3O/c1-12-9-14(12)11-19(2)8-7-16(20)18-15-5-3-13(10-17)4-6-15/h3-6,12,14H,7-9,11H2,1-2H3,(H,18,20). The van der Waals surface area contributed by atoms with E-state index in [0.717, 1.165) is 30.6 Å². The van der Waals surface area contributed by atoms with Gasteiger partial charge in [-0.2, -0.15) is 5.26 Å². The van der Waals surface area contributed by atoms with Gasteiger partial charge in [0.15, 0.2) is 0 Å². The van der Waals surface area contributed by atoms with Crippen molar-refractivity contribution in [3.8, 4) is 6.07 Å². The Kier molecular flexibility index (Phi) is 4.75. The molecule has 0 aliphatic heterocycles. The van der Waals surface area contributed by atoms with Gasteiger partial charge in [-0.05, 0) is 49.6 Å². The number of nitrogens with one attached hydrogen (secondary N) is 1. The lowest BCUT2D eigenvalue weighted by Gasteiger charge is -2.16. The highest BCUT2D eigenvalue weighted by Crippen LogP contribution is 2.37. The van der Waals surface area contributed by atoms with Crippen LogP contribution in [0.25, 0.3) is 0 Å². The van der Waals surface area contributed by atoms with Crippen LogP contribution in [0.4, 0.5) is 5.69 Å². The molecular weight excluding hydrogens is 250 g/mol. The maximum atomic E-state index is 11.8. The number of carbonyl (C=O) groups is 1. The Morgan fingerprint density at radius 2 is 2.10 bits per heavy atom. The number of anilines is 1. The third-order valence-corrected chi connectivity index (χ3v) is 3.84. The summed E-state index contributed by atoms with van der Waals surface area (Å²) < 4.78 is 0. The second-order valence-electron chi connectivity index (χ2n) is 5.72. The second-order valence-corrected chi connectivity index (χ2v) is 5.72. The summed E-state index contributed by atoms with van der Waals surface area (Å²) in [7, 11) is 2.07. The number of nitrogens with zero attached hydrogens (tertiary/aromatic N) is 2. The van der Waals surface area contributed by atoms with E-state index in [9.17, 15) is 4.79 Å². The van der Waals surface area contributed by atoms with Gasteiger partial charge in [0.1, 0.15) is 0 Å². The minimum Gasteiger partial charge on any atom is -0.326 e. The van der Waals surface area contributed by atoms with Gasteiger partial charge in [0.05, 0.1) is 11.6 Å². The molecule has 0 heterocycles. The predicted octanol–water partition coefficient (Wildman–Crippen LogP) is 2.47. The molecule has 1 N–H and O–H groups in total. The molecule has 0 spiro atoms. The van der Waals surface area contributed by atoms with Crippen molar-refractivity contribution in [2.24, 2.45) is 11.8 Å². The lowest BCUT2D eigenvalue weighted by atomic mass is 10.2. The summed E-state index contributed by atoms with van der Waals surface area (Å²) in [6, 6.07) is 8.98. The summed E-state index contributed by atoms with van der Waals surface area (Å²) >= 11 is 0. The number of hydrogen-bond donors (Lipinski definition) is 1. The van der Waals surface area contributed by atoms with E-state index < -0.39 is 0 Å². The number of carbonyl (C=O) groups excluding carboxylic acids is 1. The Morgan fingerprint density at radius 3 is 2.65 bits per heavy atom. The molecule has 1 aromatic carbocycles. The normalized spacial score (nSPS) is 20.5. The van der Waals surface area contributed by atoms with Gasteiger partial charge in [-0.1, -0.05) is 6.92 Å². The van der Waals surface area contributed by atoms with Gasteiger partial charge in [-0.3, -0.25) is 4.79 Å². The van der Waals surface area contributed by atoms with Crippen LogP contribution in [0.5, 0.6) is 0 Å². The molecule has 4 heteroatoms. The molecule has 1 aliphatic carbocycles. The van der Waals surface area contributed by atoms with E-state index in [0.29, 0.717) is 12.0 Å². The summed E-state index contributed by atoms with van der Waals surface area (Å²) in [6.07, 6.45) is 1.82. The van der Waals surface area contributed by atoms with E-state index in [1.807, 2.05) is 0 Å². The molecule has 106 valence electrons. The van der Waals surface area contributed by atoms with Crippen LogP contribution < -0.4 is 5.32 Å². The third kappa shape index (κ3) is 4.36. The molecule has 1 fully saturated rings. The maximum Gasteiger partial charge on any atom is 0.225 e. The minimum atomic E-state index is 0.0189. The molecule has 20 heavy (non-hydrogen) atoms. The van der Waals surface area contributed by atoms with Crippen LogP contribution in [0.15, 0.2) is 24.3 Å². The highest BCUT2D eigenvalue weighted by atomic mass is 16.1. The zero-order valence-corrected chi connectivity index (χ0v) is 12.1. The first-order valence-electron chi connectivity index (χ1n) is 7.07. The fourth-order valence-electron chi connectivity index (χ4n) is 2.29. The molecule has 0 saturated heterocycles. The first kappa shape index (κ1) is 14.5. The SMILES string of the molecule is CC1CC1CN(C)CCC(=O)Nc1ccc(C#N)cc1. The van der Waals surface area contributed by atoms with Gasteiger partial charge >= 0.3 is 0 Å². The topological polar surface area (TPSA) is 56.1 Å². The van der Waals surface area contributed by atoms with Crippen LogP contribution in [-0.4, -0.2) is 30.9 Å². The lowest BCUT2D eigenvalue weighted by molar-refractivity contribution is -0.116. The van der Waals surface area contributed by atoms with Crippen molar-refractivity contribution in [2.45, 2.75) is 19.8 Å². The average molecular weight is 271 g/mol. The van der Waals surface area contributed by atoms with E-state index in [4.69, 9.17) is 5.26 Å². The van der Waals surface area contributed by atoms with Crippen molar-refractivity contribution in [3.05, 3.63) is 29.8 Å². The number of amides is 1. The largest absolute Gasteiger partial charge is 0.326 e. The quantitative estimate of drug-likeness (QED) is 0.864. The molecule has 1 amide bonds. The highest BCUT2D eigenvalue weighted by Gasteiger charge is 2.32. The summed E-state index contributed by atoms with van der Waals surface area (Å²) in [6.45, 7) is 4.15. The predicted molar refractivity (Wildman–Crippen MR) is 79.2 cm³/mol. The van der Waals surface area contributed by atoms with Crippen molar-refractivity contribution >= 4 is 11.6 Å². The summed E-state index contributed by atoms with van der Waals surface area (Å²) in [5.74, 6) is 1.69. The number of nitriles is 1. The highest BCUT2D eigenvalue weighted by molar-refractivity contribution is 5.90. The van der Waals surface area contributed by atoms with Crippen LogP contribution >= 0.6 is 0 Å². The van der Waals surface area contributed by atoms with E-state index in [1.165, 1.54) is 6.42 Å². The Balaban J connectivity index is 1.70. The molecule has 1 saturated carbocycles. The molecule has 0 bridgehead atoms. The van der Waals surface area contributed by atoms with Gasteiger partial charge in [-0.15, -0.1) is 0 Å². The Labute approximate surface area is 120 Å². The molecule has 2 atom stereocenters. The molecule has 1 aliphatic rings. The molecule has 2 rings (SSSR count). The molecule has 1 aromatic rings.